The number of nitrogens with zero attached hydrogens (tertiary/aromatic N) is 2. The number of anilines is 1. The molecule has 98 valence electrons. The summed E-state index contributed by atoms with van der Waals surface area (Å²) < 4.78 is 1.25. The summed E-state index contributed by atoms with van der Waals surface area (Å²) in [5.41, 5.74) is 3.65. The lowest BCUT2D eigenvalue weighted by Crippen LogP contribution is -2.11. The van der Waals surface area contributed by atoms with E-state index >= 15 is 0 Å². The zero-order valence-electron chi connectivity index (χ0n) is 10.6. The highest BCUT2D eigenvalue weighted by Gasteiger charge is 2.07. The molecule has 1 aromatic carbocycles. The number of alkyl halides is 1. The molecule has 0 amide bonds. The molecular weight excluding hydrogens is 262 g/mol. The molecule has 5 heteroatoms. The van der Waals surface area contributed by atoms with Crippen molar-refractivity contribution in [2.45, 2.75) is 6.92 Å². The molecule has 0 radical (unpaired) electrons. The summed E-state index contributed by atoms with van der Waals surface area (Å²) in [6.45, 7) is 5.70. The lowest BCUT2D eigenvalue weighted by molar-refractivity contribution is 0.0925. The van der Waals surface area contributed by atoms with Crippen molar-refractivity contribution in [2.24, 2.45) is 0 Å². The minimum Gasteiger partial charge on any atom is -0.360 e. The predicted octanol–water partition coefficient (Wildman–Crippen LogP) is 3.37. The molecular formula is C14H14ClN3O. The van der Waals surface area contributed by atoms with Gasteiger partial charge in [-0.15, -0.1) is 11.6 Å². The van der Waals surface area contributed by atoms with Crippen LogP contribution in [0.4, 0.5) is 5.69 Å². The summed E-state index contributed by atoms with van der Waals surface area (Å²) in [4.78, 5) is 11.4. The Morgan fingerprint density at radius 2 is 2.26 bits per heavy atom. The van der Waals surface area contributed by atoms with Crippen LogP contribution in [0.5, 0.6) is 0 Å². The van der Waals surface area contributed by atoms with Crippen LogP contribution < -0.4 is 5.32 Å². The van der Waals surface area contributed by atoms with E-state index in [9.17, 15) is 4.79 Å². The molecule has 0 atom stereocenters. The minimum absolute atomic E-state index is 0.0849. The smallest absolute Gasteiger partial charge is 0.261 e. The van der Waals surface area contributed by atoms with Crippen molar-refractivity contribution >= 4 is 23.2 Å². The van der Waals surface area contributed by atoms with Crippen molar-refractivity contribution in [2.75, 3.05) is 11.2 Å². The third kappa shape index (κ3) is 3.23. The number of halogens is 1. The van der Waals surface area contributed by atoms with E-state index in [1.165, 1.54) is 4.68 Å². The van der Waals surface area contributed by atoms with Gasteiger partial charge in [-0.25, -0.2) is 4.68 Å². The second-order valence-corrected chi connectivity index (χ2v) is 4.45. The third-order valence-corrected chi connectivity index (χ3v) is 2.73. The molecule has 4 nitrogen and oxygen atoms in total. The Hall–Kier alpha value is -2.07. The van der Waals surface area contributed by atoms with Crippen LogP contribution in [0.25, 0.3) is 11.1 Å². The van der Waals surface area contributed by atoms with Crippen molar-refractivity contribution in [3.63, 3.8) is 0 Å². The molecule has 1 heterocycles. The van der Waals surface area contributed by atoms with Crippen LogP contribution in [0.2, 0.25) is 0 Å². The first-order valence-corrected chi connectivity index (χ1v) is 6.30. The van der Waals surface area contributed by atoms with E-state index in [4.69, 9.17) is 11.6 Å². The van der Waals surface area contributed by atoms with Gasteiger partial charge in [-0.3, -0.25) is 4.79 Å². The van der Waals surface area contributed by atoms with Crippen molar-refractivity contribution in [3.8, 4) is 11.1 Å². The zero-order chi connectivity index (χ0) is 13.8. The standard InChI is InChI=1S/C14H14ClN3O/c1-10(2)17-13-5-3-4-11(6-13)12-8-16-18(9-12)14(19)7-15/h3-6,8-9,17H,1,7H2,2H3. The van der Waals surface area contributed by atoms with E-state index in [1.807, 2.05) is 31.2 Å². The minimum atomic E-state index is -0.246. The van der Waals surface area contributed by atoms with Crippen LogP contribution in [0.15, 0.2) is 48.9 Å². The van der Waals surface area contributed by atoms with Crippen LogP contribution in [0.3, 0.4) is 0 Å². The number of allylic oxidation sites excluding steroid dienone is 1. The maximum absolute atomic E-state index is 11.4. The first-order valence-electron chi connectivity index (χ1n) is 5.77. The van der Waals surface area contributed by atoms with Crippen LogP contribution in [0.1, 0.15) is 11.7 Å². The Morgan fingerprint density at radius 3 is 2.95 bits per heavy atom. The van der Waals surface area contributed by atoms with E-state index in [2.05, 4.69) is 17.0 Å². The molecule has 1 aromatic heterocycles. The topological polar surface area (TPSA) is 46.9 Å². The lowest BCUT2D eigenvalue weighted by atomic mass is 10.1. The van der Waals surface area contributed by atoms with Gasteiger partial charge in [0.05, 0.1) is 6.20 Å². The Kier molecular flexibility index (Phi) is 4.02. The van der Waals surface area contributed by atoms with Crippen molar-refractivity contribution < 1.29 is 4.79 Å². The summed E-state index contributed by atoms with van der Waals surface area (Å²) in [6.07, 6.45) is 3.31. The molecule has 0 aliphatic rings. The van der Waals surface area contributed by atoms with Gasteiger partial charge in [0.2, 0.25) is 0 Å². The number of rotatable bonds is 4. The Labute approximate surface area is 116 Å². The Morgan fingerprint density at radius 1 is 1.47 bits per heavy atom. The maximum Gasteiger partial charge on any atom is 0.261 e. The van der Waals surface area contributed by atoms with E-state index in [0.29, 0.717) is 0 Å². The predicted molar refractivity (Wildman–Crippen MR) is 77.4 cm³/mol. The van der Waals surface area contributed by atoms with E-state index in [0.717, 1.165) is 22.5 Å². The molecule has 1 N–H and O–H groups in total. The SMILES string of the molecule is C=C(C)Nc1cccc(-c2cnn(C(=O)CCl)c2)c1. The van der Waals surface area contributed by atoms with Crippen molar-refractivity contribution in [1.82, 2.24) is 9.78 Å². The molecule has 0 saturated carbocycles. The van der Waals surface area contributed by atoms with Crippen molar-refractivity contribution in [3.05, 3.63) is 48.9 Å². The van der Waals surface area contributed by atoms with Gasteiger partial charge in [0.1, 0.15) is 5.88 Å². The largest absolute Gasteiger partial charge is 0.360 e. The third-order valence-electron chi connectivity index (χ3n) is 2.51. The Bertz CT molecular complexity index is 619. The molecule has 0 fully saturated rings. The average molecular weight is 276 g/mol. The van der Waals surface area contributed by atoms with E-state index < -0.39 is 0 Å². The molecule has 0 saturated heterocycles. The molecule has 2 rings (SSSR count). The van der Waals surface area contributed by atoms with Gasteiger partial charge >= 0.3 is 0 Å². The number of benzene rings is 1. The highest BCUT2D eigenvalue weighted by molar-refractivity contribution is 6.27. The fraction of sp³-hybridized carbons (Fsp3) is 0.143. The summed E-state index contributed by atoms with van der Waals surface area (Å²) in [6, 6.07) is 7.81. The fourth-order valence-electron chi connectivity index (χ4n) is 1.69. The zero-order valence-corrected chi connectivity index (χ0v) is 11.3. The van der Waals surface area contributed by atoms with Crippen LogP contribution in [0, 0.1) is 0 Å². The number of carbonyl (C=O) groups excluding carboxylic acids is 1. The van der Waals surface area contributed by atoms with Gasteiger partial charge in [-0.1, -0.05) is 18.7 Å². The first-order chi connectivity index (χ1) is 9.10. The number of hydrogen-bond acceptors (Lipinski definition) is 3. The quantitative estimate of drug-likeness (QED) is 0.870. The highest BCUT2D eigenvalue weighted by Crippen LogP contribution is 2.22. The second-order valence-electron chi connectivity index (χ2n) is 4.19. The van der Waals surface area contributed by atoms with E-state index in [1.54, 1.807) is 12.4 Å². The second kappa shape index (κ2) is 5.71. The summed E-state index contributed by atoms with van der Waals surface area (Å²) >= 11 is 5.49. The van der Waals surface area contributed by atoms with Gasteiger partial charge in [0, 0.05) is 23.1 Å². The summed E-state index contributed by atoms with van der Waals surface area (Å²) in [5.74, 6) is -0.331. The first kappa shape index (κ1) is 13.4. The van der Waals surface area contributed by atoms with Gasteiger partial charge in [0.25, 0.3) is 5.91 Å². The van der Waals surface area contributed by atoms with Gasteiger partial charge < -0.3 is 5.32 Å². The lowest BCUT2D eigenvalue weighted by Gasteiger charge is -2.06. The van der Waals surface area contributed by atoms with Crippen molar-refractivity contribution in [1.29, 1.82) is 0 Å². The Balaban J connectivity index is 2.28. The van der Waals surface area contributed by atoms with Crippen LogP contribution in [-0.4, -0.2) is 21.6 Å². The highest BCUT2D eigenvalue weighted by atomic mass is 35.5. The molecule has 2 aromatic rings. The number of nitrogens with one attached hydrogen (secondary N) is 1. The number of hydrogen-bond donors (Lipinski definition) is 1. The number of aromatic nitrogens is 2. The van der Waals surface area contributed by atoms with Gasteiger partial charge in [-0.2, -0.15) is 5.10 Å². The van der Waals surface area contributed by atoms with Crippen LogP contribution in [-0.2, 0) is 0 Å². The maximum atomic E-state index is 11.4. The summed E-state index contributed by atoms with van der Waals surface area (Å²) in [5, 5.41) is 7.14. The molecule has 0 aliphatic heterocycles. The number of carbonyl (C=O) groups is 1. The molecule has 0 bridgehead atoms. The van der Waals surface area contributed by atoms with E-state index in [-0.39, 0.29) is 11.8 Å². The molecule has 19 heavy (non-hydrogen) atoms. The summed E-state index contributed by atoms with van der Waals surface area (Å²) in [7, 11) is 0. The molecule has 0 unspecified atom stereocenters. The van der Waals surface area contributed by atoms with Crippen LogP contribution >= 0.6 is 11.6 Å². The monoisotopic (exact) mass is 275 g/mol. The normalized spacial score (nSPS) is 10.2. The molecule has 0 aliphatic carbocycles. The average Bonchev–Trinajstić information content (AvgIpc) is 2.87. The molecule has 0 spiro atoms. The fourth-order valence-corrected chi connectivity index (χ4v) is 1.81. The van der Waals surface area contributed by atoms with Gasteiger partial charge in [-0.05, 0) is 24.6 Å². The van der Waals surface area contributed by atoms with Gasteiger partial charge in [0.15, 0.2) is 0 Å².